The summed E-state index contributed by atoms with van der Waals surface area (Å²) in [6, 6.07) is 27.6. The van der Waals surface area contributed by atoms with Crippen molar-refractivity contribution in [2.45, 2.75) is 19.0 Å². The lowest BCUT2D eigenvalue weighted by Crippen LogP contribution is -2.48. The fourth-order valence-corrected chi connectivity index (χ4v) is 5.79. The second kappa shape index (κ2) is 10.3. The van der Waals surface area contributed by atoms with Crippen molar-refractivity contribution in [3.8, 4) is 22.8 Å². The summed E-state index contributed by atoms with van der Waals surface area (Å²) in [5.74, 6) is 2.10. The van der Waals surface area contributed by atoms with Gasteiger partial charge in [-0.15, -0.1) is 0 Å². The predicted octanol–water partition coefficient (Wildman–Crippen LogP) is 4.40. The maximum Gasteiger partial charge on any atom is 0.350 e. The molecule has 0 N–H and O–H groups in total. The van der Waals surface area contributed by atoms with Crippen molar-refractivity contribution in [1.82, 2.24) is 14.5 Å². The lowest BCUT2D eigenvalue weighted by molar-refractivity contribution is 0.212. The molecular formula is C31H32N4O3. The fourth-order valence-electron chi connectivity index (χ4n) is 5.79. The summed E-state index contributed by atoms with van der Waals surface area (Å²) < 4.78 is 12.8. The number of methoxy groups -OCH3 is 2. The number of piperazine rings is 1. The Morgan fingerprint density at radius 1 is 0.763 bits per heavy atom. The summed E-state index contributed by atoms with van der Waals surface area (Å²) in [4.78, 5) is 22.4. The van der Waals surface area contributed by atoms with Crippen molar-refractivity contribution >= 4 is 5.82 Å². The second-order valence-electron chi connectivity index (χ2n) is 9.80. The van der Waals surface area contributed by atoms with Crippen molar-refractivity contribution in [2.24, 2.45) is 0 Å². The van der Waals surface area contributed by atoms with Gasteiger partial charge in [-0.1, -0.05) is 60.7 Å². The van der Waals surface area contributed by atoms with Gasteiger partial charge in [-0.2, -0.15) is 4.98 Å². The molecule has 2 aliphatic heterocycles. The molecule has 0 saturated carbocycles. The van der Waals surface area contributed by atoms with Gasteiger partial charge >= 0.3 is 5.69 Å². The van der Waals surface area contributed by atoms with Gasteiger partial charge in [-0.25, -0.2) is 4.79 Å². The number of fused-ring (bicyclic) bond motifs is 3. The highest BCUT2D eigenvalue weighted by Gasteiger charge is 2.28. The van der Waals surface area contributed by atoms with Crippen LogP contribution in [0.1, 0.15) is 22.7 Å². The molecule has 194 valence electrons. The van der Waals surface area contributed by atoms with Crippen LogP contribution in [0.4, 0.5) is 5.82 Å². The molecular weight excluding hydrogens is 476 g/mol. The van der Waals surface area contributed by atoms with Gasteiger partial charge in [0.1, 0.15) is 5.82 Å². The average molecular weight is 509 g/mol. The van der Waals surface area contributed by atoms with Crippen LogP contribution in [0.25, 0.3) is 11.3 Å². The van der Waals surface area contributed by atoms with Gasteiger partial charge in [0.25, 0.3) is 0 Å². The first-order chi connectivity index (χ1) is 18.7. The molecule has 1 fully saturated rings. The van der Waals surface area contributed by atoms with E-state index in [9.17, 15) is 4.79 Å². The third-order valence-corrected chi connectivity index (χ3v) is 7.72. The standard InChI is InChI=1S/C31H32N4O3/c1-37-27-19-24-13-14-35-26(25(24)20-28(27)38-2)21-29(32-31(35)36)33-15-17-34(18-16-33)30(22-9-5-3-6-10-22)23-11-7-4-8-12-23/h3-12,19-21,30H,13-18H2,1-2H3. The lowest BCUT2D eigenvalue weighted by Gasteiger charge is -2.40. The fraction of sp³-hybridized carbons (Fsp3) is 0.290. The van der Waals surface area contributed by atoms with E-state index in [0.29, 0.717) is 18.0 Å². The van der Waals surface area contributed by atoms with Crippen LogP contribution in [0, 0.1) is 0 Å². The molecule has 1 saturated heterocycles. The number of anilines is 1. The number of rotatable bonds is 6. The Morgan fingerprint density at radius 2 is 1.37 bits per heavy atom. The molecule has 4 aromatic rings. The quantitative estimate of drug-likeness (QED) is 0.385. The van der Waals surface area contributed by atoms with Crippen LogP contribution in [0.2, 0.25) is 0 Å². The van der Waals surface area contributed by atoms with E-state index < -0.39 is 0 Å². The third kappa shape index (κ3) is 4.43. The zero-order valence-electron chi connectivity index (χ0n) is 21.8. The molecule has 6 rings (SSSR count). The summed E-state index contributed by atoms with van der Waals surface area (Å²) in [6.45, 7) is 3.94. The van der Waals surface area contributed by atoms with Crippen molar-refractivity contribution in [3.63, 3.8) is 0 Å². The average Bonchev–Trinajstić information content (AvgIpc) is 2.98. The van der Waals surface area contributed by atoms with Gasteiger partial charge in [0, 0.05) is 44.4 Å². The van der Waals surface area contributed by atoms with Crippen LogP contribution >= 0.6 is 0 Å². The highest BCUT2D eigenvalue weighted by atomic mass is 16.5. The Hall–Kier alpha value is -4.10. The van der Waals surface area contributed by atoms with E-state index >= 15 is 0 Å². The van der Waals surface area contributed by atoms with Gasteiger partial charge < -0.3 is 14.4 Å². The Labute approximate surface area is 222 Å². The van der Waals surface area contributed by atoms with Crippen LogP contribution in [0.5, 0.6) is 11.5 Å². The molecule has 0 bridgehead atoms. The minimum atomic E-state index is -0.202. The van der Waals surface area contributed by atoms with E-state index in [4.69, 9.17) is 9.47 Å². The van der Waals surface area contributed by atoms with Crippen molar-refractivity contribution in [3.05, 3.63) is 106 Å². The monoisotopic (exact) mass is 508 g/mol. The highest BCUT2D eigenvalue weighted by molar-refractivity contribution is 5.72. The van der Waals surface area contributed by atoms with Gasteiger partial charge in [-0.05, 0) is 35.2 Å². The van der Waals surface area contributed by atoms with Crippen LogP contribution in [-0.2, 0) is 13.0 Å². The Kier molecular flexibility index (Phi) is 6.60. The van der Waals surface area contributed by atoms with E-state index in [0.717, 1.165) is 55.2 Å². The second-order valence-corrected chi connectivity index (χ2v) is 9.80. The summed E-state index contributed by atoms with van der Waals surface area (Å²) in [7, 11) is 3.28. The first-order valence-electron chi connectivity index (χ1n) is 13.1. The lowest BCUT2D eigenvalue weighted by atomic mass is 9.96. The minimum absolute atomic E-state index is 0.191. The van der Waals surface area contributed by atoms with Gasteiger partial charge in [0.2, 0.25) is 0 Å². The molecule has 0 aliphatic carbocycles. The van der Waals surface area contributed by atoms with E-state index in [2.05, 4.69) is 81.5 Å². The molecule has 0 radical (unpaired) electrons. The summed E-state index contributed by atoms with van der Waals surface area (Å²) in [5, 5.41) is 0. The topological polar surface area (TPSA) is 59.8 Å². The van der Waals surface area contributed by atoms with E-state index in [-0.39, 0.29) is 11.7 Å². The zero-order valence-corrected chi connectivity index (χ0v) is 21.8. The number of aryl methyl sites for hydroxylation is 1. The number of hydrogen-bond donors (Lipinski definition) is 0. The number of benzene rings is 3. The zero-order chi connectivity index (χ0) is 26.1. The molecule has 3 aromatic carbocycles. The molecule has 0 amide bonds. The van der Waals surface area contributed by atoms with Crippen LogP contribution in [-0.4, -0.2) is 54.8 Å². The number of hydrogen-bond acceptors (Lipinski definition) is 6. The molecule has 2 aliphatic rings. The summed E-state index contributed by atoms with van der Waals surface area (Å²) >= 11 is 0. The Bertz CT molecular complexity index is 1440. The maximum absolute atomic E-state index is 13.1. The number of aromatic nitrogens is 2. The van der Waals surface area contributed by atoms with Crippen LogP contribution < -0.4 is 20.1 Å². The first kappa shape index (κ1) is 24.2. The molecule has 38 heavy (non-hydrogen) atoms. The van der Waals surface area contributed by atoms with Crippen molar-refractivity contribution in [1.29, 1.82) is 0 Å². The van der Waals surface area contributed by atoms with E-state index in [1.165, 1.54) is 11.1 Å². The maximum atomic E-state index is 13.1. The van der Waals surface area contributed by atoms with Crippen LogP contribution in [0.15, 0.2) is 83.7 Å². The van der Waals surface area contributed by atoms with Crippen molar-refractivity contribution in [2.75, 3.05) is 45.3 Å². The molecule has 3 heterocycles. The number of nitrogens with zero attached hydrogens (tertiary/aromatic N) is 4. The Balaban J connectivity index is 1.28. The van der Waals surface area contributed by atoms with Gasteiger partial charge in [0.15, 0.2) is 11.5 Å². The molecule has 0 unspecified atom stereocenters. The highest BCUT2D eigenvalue weighted by Crippen LogP contribution is 2.39. The normalized spacial score (nSPS) is 15.2. The summed E-state index contributed by atoms with van der Waals surface area (Å²) in [5.41, 5.74) is 5.42. The van der Waals surface area contributed by atoms with E-state index in [1.807, 2.05) is 12.1 Å². The third-order valence-electron chi connectivity index (χ3n) is 7.72. The first-order valence-corrected chi connectivity index (χ1v) is 13.1. The van der Waals surface area contributed by atoms with Gasteiger partial charge in [0.05, 0.1) is 26.0 Å². The molecule has 0 spiro atoms. The predicted molar refractivity (Wildman–Crippen MR) is 149 cm³/mol. The molecule has 7 heteroatoms. The van der Waals surface area contributed by atoms with Crippen LogP contribution in [0.3, 0.4) is 0 Å². The van der Waals surface area contributed by atoms with E-state index in [1.54, 1.807) is 18.8 Å². The molecule has 0 atom stereocenters. The molecule has 7 nitrogen and oxygen atoms in total. The Morgan fingerprint density at radius 3 is 1.97 bits per heavy atom. The van der Waals surface area contributed by atoms with Gasteiger partial charge in [-0.3, -0.25) is 9.47 Å². The number of ether oxygens (including phenoxy) is 2. The smallest absolute Gasteiger partial charge is 0.350 e. The minimum Gasteiger partial charge on any atom is -0.493 e. The SMILES string of the molecule is COc1cc2c(cc1OC)-c1cc(N3CCN(C(c4ccccc4)c4ccccc4)CC3)nc(=O)n1CC2. The van der Waals surface area contributed by atoms with Crippen molar-refractivity contribution < 1.29 is 9.47 Å². The summed E-state index contributed by atoms with van der Waals surface area (Å²) in [6.07, 6.45) is 0.753. The largest absolute Gasteiger partial charge is 0.493 e. The molecule has 1 aromatic heterocycles.